The van der Waals surface area contributed by atoms with E-state index in [0.717, 1.165) is 12.4 Å². The molecule has 0 N–H and O–H groups in total. The number of hydrogen-bond acceptors (Lipinski definition) is 2. The quantitative estimate of drug-likeness (QED) is 0.692. The Labute approximate surface area is 94.0 Å². The third kappa shape index (κ3) is 3.16. The fourth-order valence-corrected chi connectivity index (χ4v) is 2.38. The van der Waals surface area contributed by atoms with E-state index in [1.807, 2.05) is 0 Å². The summed E-state index contributed by atoms with van der Waals surface area (Å²) in [6.45, 7) is 7.51. The van der Waals surface area contributed by atoms with E-state index in [-0.39, 0.29) is 0 Å². The van der Waals surface area contributed by atoms with Gasteiger partial charge in [-0.3, -0.25) is 0 Å². The van der Waals surface area contributed by atoms with Gasteiger partial charge < -0.3 is 4.74 Å². The Morgan fingerprint density at radius 3 is 2.21 bits per heavy atom. The molecule has 1 unspecified atom stereocenters. The van der Waals surface area contributed by atoms with Gasteiger partial charge in [0.15, 0.2) is 0 Å². The summed E-state index contributed by atoms with van der Waals surface area (Å²) in [6.07, 6.45) is 5.72. The minimum absolute atomic E-state index is 0.382. The summed E-state index contributed by atoms with van der Waals surface area (Å²) >= 11 is 4.48. The monoisotopic (exact) mass is 216 g/mol. The Morgan fingerprint density at radius 1 is 1.21 bits per heavy atom. The van der Waals surface area contributed by atoms with E-state index in [1.54, 1.807) is 0 Å². The molecule has 1 saturated carbocycles. The largest absolute Gasteiger partial charge is 0.378 e. The van der Waals surface area contributed by atoms with Gasteiger partial charge in [0.2, 0.25) is 0 Å². The molecule has 0 aromatic rings. The minimum atomic E-state index is 0.382. The number of rotatable bonds is 5. The first-order valence-electron chi connectivity index (χ1n) is 5.82. The van der Waals surface area contributed by atoms with E-state index >= 15 is 0 Å². The van der Waals surface area contributed by atoms with Crippen LogP contribution in [0, 0.1) is 11.3 Å². The molecule has 0 aliphatic heterocycles. The molecule has 1 aliphatic rings. The van der Waals surface area contributed by atoms with E-state index in [0.29, 0.717) is 17.4 Å². The highest BCUT2D eigenvalue weighted by molar-refractivity contribution is 7.80. The summed E-state index contributed by atoms with van der Waals surface area (Å²) in [7, 11) is 0. The molecular formula is C12H24OS. The molecule has 0 amide bonds. The lowest BCUT2D eigenvalue weighted by Crippen LogP contribution is -2.29. The second-order valence-corrected chi connectivity index (χ2v) is 5.44. The van der Waals surface area contributed by atoms with Gasteiger partial charge in [-0.25, -0.2) is 0 Å². The zero-order valence-corrected chi connectivity index (χ0v) is 10.6. The molecule has 1 fully saturated rings. The predicted molar refractivity (Wildman–Crippen MR) is 65.0 cm³/mol. The normalized spacial score (nSPS) is 22.9. The molecule has 0 spiro atoms. The van der Waals surface area contributed by atoms with E-state index in [9.17, 15) is 0 Å². The van der Waals surface area contributed by atoms with Crippen molar-refractivity contribution in [2.75, 3.05) is 12.4 Å². The zero-order valence-electron chi connectivity index (χ0n) is 9.75. The van der Waals surface area contributed by atoms with Crippen LogP contribution in [-0.4, -0.2) is 18.5 Å². The third-order valence-corrected chi connectivity index (χ3v) is 4.26. The number of hydrogen-bond donors (Lipinski definition) is 1. The van der Waals surface area contributed by atoms with E-state index in [4.69, 9.17) is 4.74 Å². The molecular weight excluding hydrogens is 192 g/mol. The van der Waals surface area contributed by atoms with Crippen molar-refractivity contribution in [2.45, 2.75) is 52.6 Å². The van der Waals surface area contributed by atoms with Crippen molar-refractivity contribution in [1.82, 2.24) is 0 Å². The Balaban J connectivity index is 2.34. The molecule has 1 nitrogen and oxygen atoms in total. The van der Waals surface area contributed by atoms with Gasteiger partial charge in [-0.1, -0.05) is 26.7 Å². The Morgan fingerprint density at radius 2 is 1.79 bits per heavy atom. The lowest BCUT2D eigenvalue weighted by molar-refractivity contribution is -0.0119. The second-order valence-electron chi connectivity index (χ2n) is 5.13. The molecule has 1 aliphatic carbocycles. The van der Waals surface area contributed by atoms with Gasteiger partial charge in [0.1, 0.15) is 0 Å². The first kappa shape index (κ1) is 12.4. The molecule has 2 heteroatoms. The van der Waals surface area contributed by atoms with Crippen LogP contribution in [-0.2, 0) is 4.74 Å². The number of ether oxygens (including phenoxy) is 1. The van der Waals surface area contributed by atoms with Crippen molar-refractivity contribution >= 4 is 12.6 Å². The summed E-state index contributed by atoms with van der Waals surface area (Å²) in [5.41, 5.74) is 0.395. The van der Waals surface area contributed by atoms with Gasteiger partial charge in [-0.2, -0.15) is 12.6 Å². The van der Waals surface area contributed by atoms with Gasteiger partial charge in [-0.05, 0) is 31.4 Å². The van der Waals surface area contributed by atoms with Crippen molar-refractivity contribution in [3.63, 3.8) is 0 Å². The van der Waals surface area contributed by atoms with Crippen molar-refractivity contribution in [2.24, 2.45) is 11.3 Å². The van der Waals surface area contributed by atoms with Crippen LogP contribution in [0.15, 0.2) is 0 Å². The highest BCUT2D eigenvalue weighted by Gasteiger charge is 2.33. The van der Waals surface area contributed by atoms with Crippen LogP contribution >= 0.6 is 12.6 Å². The van der Waals surface area contributed by atoms with Crippen molar-refractivity contribution < 1.29 is 4.74 Å². The maximum Gasteiger partial charge on any atom is 0.0570 e. The molecule has 1 atom stereocenters. The molecule has 0 bridgehead atoms. The Bertz CT molecular complexity index is 162. The van der Waals surface area contributed by atoms with Crippen LogP contribution in [0.1, 0.15) is 46.5 Å². The lowest BCUT2D eigenvalue weighted by atomic mass is 9.89. The molecule has 0 saturated heterocycles. The summed E-state index contributed by atoms with van der Waals surface area (Å²) < 4.78 is 5.93. The second kappa shape index (κ2) is 5.41. The maximum atomic E-state index is 5.93. The van der Waals surface area contributed by atoms with Crippen LogP contribution in [0.4, 0.5) is 0 Å². The van der Waals surface area contributed by atoms with Gasteiger partial charge in [0, 0.05) is 5.41 Å². The van der Waals surface area contributed by atoms with Crippen LogP contribution in [0.2, 0.25) is 0 Å². The summed E-state index contributed by atoms with van der Waals surface area (Å²) in [5.74, 6) is 1.60. The summed E-state index contributed by atoms with van der Waals surface area (Å²) in [5, 5.41) is 0. The molecule has 14 heavy (non-hydrogen) atoms. The Kier molecular flexibility index (Phi) is 4.78. The van der Waals surface area contributed by atoms with Gasteiger partial charge in [0.25, 0.3) is 0 Å². The minimum Gasteiger partial charge on any atom is -0.378 e. The first-order valence-corrected chi connectivity index (χ1v) is 6.45. The fourth-order valence-electron chi connectivity index (χ4n) is 1.97. The summed E-state index contributed by atoms with van der Waals surface area (Å²) in [6, 6.07) is 0. The van der Waals surface area contributed by atoms with E-state index in [2.05, 4.69) is 33.4 Å². The maximum absolute atomic E-state index is 5.93. The molecule has 0 aromatic carbocycles. The molecule has 0 heterocycles. The van der Waals surface area contributed by atoms with Crippen LogP contribution in [0.3, 0.4) is 0 Å². The van der Waals surface area contributed by atoms with Gasteiger partial charge >= 0.3 is 0 Å². The average Bonchev–Trinajstić information content (AvgIpc) is 2.63. The van der Waals surface area contributed by atoms with E-state index < -0.39 is 0 Å². The van der Waals surface area contributed by atoms with Crippen molar-refractivity contribution in [1.29, 1.82) is 0 Å². The van der Waals surface area contributed by atoms with Crippen LogP contribution in [0.25, 0.3) is 0 Å². The van der Waals surface area contributed by atoms with Crippen molar-refractivity contribution in [3.05, 3.63) is 0 Å². The standard InChI is InChI=1S/C12H24OS/c1-10(2)11(3)13-8-12(9-14)6-4-5-7-12/h10-11,14H,4-9H2,1-3H3. The van der Waals surface area contributed by atoms with Crippen molar-refractivity contribution in [3.8, 4) is 0 Å². The molecule has 0 aromatic heterocycles. The molecule has 84 valence electrons. The fraction of sp³-hybridized carbons (Fsp3) is 1.00. The smallest absolute Gasteiger partial charge is 0.0570 e. The van der Waals surface area contributed by atoms with E-state index in [1.165, 1.54) is 25.7 Å². The zero-order chi connectivity index (χ0) is 10.6. The predicted octanol–water partition coefficient (Wildman–Crippen LogP) is 3.54. The first-order chi connectivity index (χ1) is 6.59. The Hall–Kier alpha value is 0.310. The SMILES string of the molecule is CC(C)C(C)OCC1(CS)CCCC1. The van der Waals surface area contributed by atoms with Gasteiger partial charge in [0.05, 0.1) is 12.7 Å². The molecule has 0 radical (unpaired) electrons. The number of thiol groups is 1. The van der Waals surface area contributed by atoms with Gasteiger partial charge in [-0.15, -0.1) is 0 Å². The van der Waals surface area contributed by atoms with Crippen LogP contribution in [0.5, 0.6) is 0 Å². The lowest BCUT2D eigenvalue weighted by Gasteiger charge is -2.29. The topological polar surface area (TPSA) is 9.23 Å². The van der Waals surface area contributed by atoms with Crippen LogP contribution < -0.4 is 0 Å². The average molecular weight is 216 g/mol. The third-order valence-electron chi connectivity index (χ3n) is 3.59. The highest BCUT2D eigenvalue weighted by atomic mass is 32.1. The summed E-state index contributed by atoms with van der Waals surface area (Å²) in [4.78, 5) is 0. The molecule has 1 rings (SSSR count). The highest BCUT2D eigenvalue weighted by Crippen LogP contribution is 2.39.